The van der Waals surface area contributed by atoms with Crippen molar-refractivity contribution in [3.8, 4) is 0 Å². The van der Waals surface area contributed by atoms with E-state index in [1.165, 1.54) is 19.2 Å². The topological polar surface area (TPSA) is 101 Å². The molecule has 2 rings (SSSR count). The van der Waals surface area contributed by atoms with Crippen molar-refractivity contribution in [3.63, 3.8) is 0 Å². The summed E-state index contributed by atoms with van der Waals surface area (Å²) in [6.45, 7) is 2.14. The number of amides is 1. The first kappa shape index (κ1) is 16.1. The monoisotopic (exact) mass is 321 g/mol. The molecule has 22 heavy (non-hydrogen) atoms. The number of carboxylic acids is 1. The predicted octanol–water partition coefficient (Wildman–Crippen LogP) is 2.20. The van der Waals surface area contributed by atoms with E-state index >= 15 is 0 Å². The van der Waals surface area contributed by atoms with Gasteiger partial charge in [-0.3, -0.25) is 4.79 Å². The quantitative estimate of drug-likeness (QED) is 0.845. The first-order valence-corrected chi connectivity index (χ1v) is 7.31. The van der Waals surface area contributed by atoms with Gasteiger partial charge in [0.2, 0.25) is 0 Å². The van der Waals surface area contributed by atoms with E-state index < -0.39 is 5.97 Å². The molecule has 8 heteroatoms. The third-order valence-corrected chi connectivity index (χ3v) is 3.67. The van der Waals surface area contributed by atoms with Crippen molar-refractivity contribution < 1.29 is 19.4 Å². The van der Waals surface area contributed by atoms with Gasteiger partial charge in [0.25, 0.3) is 5.91 Å². The first-order chi connectivity index (χ1) is 10.5. The van der Waals surface area contributed by atoms with Gasteiger partial charge in [-0.05, 0) is 41.7 Å². The van der Waals surface area contributed by atoms with Crippen LogP contribution in [-0.4, -0.2) is 33.7 Å². The lowest BCUT2D eigenvalue weighted by Crippen LogP contribution is -2.13. The Labute approximate surface area is 131 Å². The summed E-state index contributed by atoms with van der Waals surface area (Å²) in [5, 5.41) is 15.7. The lowest BCUT2D eigenvalue weighted by Gasteiger charge is -2.08. The Morgan fingerprint density at radius 2 is 2.14 bits per heavy atom. The van der Waals surface area contributed by atoms with Crippen molar-refractivity contribution in [2.45, 2.75) is 20.0 Å². The Morgan fingerprint density at radius 3 is 2.77 bits per heavy atom. The van der Waals surface area contributed by atoms with Crippen LogP contribution in [0.15, 0.2) is 18.2 Å². The number of methoxy groups -OCH3 is 1. The van der Waals surface area contributed by atoms with E-state index in [1.54, 1.807) is 6.07 Å². The highest BCUT2D eigenvalue weighted by Gasteiger charge is 2.16. The van der Waals surface area contributed by atoms with Crippen LogP contribution in [0.25, 0.3) is 0 Å². The Kier molecular flexibility index (Phi) is 5.18. The summed E-state index contributed by atoms with van der Waals surface area (Å²) in [4.78, 5) is 23.8. The van der Waals surface area contributed by atoms with Crippen LogP contribution in [0.3, 0.4) is 0 Å². The fourth-order valence-electron chi connectivity index (χ4n) is 1.94. The number of nitrogens with zero attached hydrogens (tertiary/aromatic N) is 2. The van der Waals surface area contributed by atoms with Crippen LogP contribution in [0.4, 0.5) is 5.69 Å². The molecule has 0 saturated carbocycles. The van der Waals surface area contributed by atoms with Gasteiger partial charge in [0.05, 0.1) is 17.9 Å². The van der Waals surface area contributed by atoms with Crippen LogP contribution in [0.2, 0.25) is 0 Å². The number of ether oxygens (including phenoxy) is 1. The number of hydrogen-bond donors (Lipinski definition) is 2. The SMILES string of the molecule is CCc1nnsc1C(=O)Nc1cc(COC)cc(C(=O)O)c1. The Bertz CT molecular complexity index is 699. The molecule has 0 fully saturated rings. The Hall–Kier alpha value is -2.32. The molecule has 1 amide bonds. The van der Waals surface area contributed by atoms with Crippen LogP contribution in [0.5, 0.6) is 0 Å². The number of rotatable bonds is 6. The molecule has 0 aliphatic carbocycles. The summed E-state index contributed by atoms with van der Waals surface area (Å²) >= 11 is 1.01. The standard InChI is InChI=1S/C14H15N3O4S/c1-3-11-12(22-17-16-11)13(18)15-10-5-8(7-21-2)4-9(6-10)14(19)20/h4-6H,3,7H2,1-2H3,(H,15,18)(H,19,20). The van der Waals surface area contributed by atoms with Crippen molar-refractivity contribution >= 4 is 29.1 Å². The van der Waals surface area contributed by atoms with Gasteiger partial charge < -0.3 is 15.2 Å². The van der Waals surface area contributed by atoms with Crippen molar-refractivity contribution in [2.24, 2.45) is 0 Å². The van der Waals surface area contributed by atoms with Crippen molar-refractivity contribution in [2.75, 3.05) is 12.4 Å². The second-order valence-electron chi connectivity index (χ2n) is 4.51. The second-order valence-corrected chi connectivity index (χ2v) is 5.27. The van der Waals surface area contributed by atoms with Crippen molar-refractivity contribution in [1.29, 1.82) is 0 Å². The number of aromatic carboxylic acids is 1. The smallest absolute Gasteiger partial charge is 0.335 e. The zero-order chi connectivity index (χ0) is 16.1. The fourth-order valence-corrected chi connectivity index (χ4v) is 2.58. The van der Waals surface area contributed by atoms with Gasteiger partial charge >= 0.3 is 5.97 Å². The van der Waals surface area contributed by atoms with Gasteiger partial charge in [-0.15, -0.1) is 5.10 Å². The molecule has 0 spiro atoms. The van der Waals surface area contributed by atoms with Gasteiger partial charge in [-0.25, -0.2) is 4.79 Å². The molecule has 0 radical (unpaired) electrons. The van der Waals surface area contributed by atoms with Crippen LogP contribution < -0.4 is 5.32 Å². The molecule has 116 valence electrons. The molecule has 2 aromatic rings. The number of hydrogen-bond acceptors (Lipinski definition) is 6. The van der Waals surface area contributed by atoms with E-state index in [9.17, 15) is 9.59 Å². The maximum absolute atomic E-state index is 12.2. The van der Waals surface area contributed by atoms with Gasteiger partial charge in [-0.2, -0.15) is 0 Å². The zero-order valence-corrected chi connectivity index (χ0v) is 12.9. The molecule has 0 aliphatic heterocycles. The first-order valence-electron chi connectivity index (χ1n) is 6.54. The highest BCUT2D eigenvalue weighted by Crippen LogP contribution is 2.19. The van der Waals surface area contributed by atoms with Gasteiger partial charge in [0.1, 0.15) is 4.88 Å². The molecule has 2 N–H and O–H groups in total. The third-order valence-electron chi connectivity index (χ3n) is 2.91. The number of aromatic nitrogens is 2. The normalized spacial score (nSPS) is 10.5. The Balaban J connectivity index is 2.28. The minimum atomic E-state index is -1.07. The largest absolute Gasteiger partial charge is 0.478 e. The lowest BCUT2D eigenvalue weighted by molar-refractivity contribution is 0.0696. The maximum atomic E-state index is 12.2. The molecule has 0 unspecified atom stereocenters. The third kappa shape index (κ3) is 3.66. The summed E-state index contributed by atoms with van der Waals surface area (Å²) in [6.07, 6.45) is 0.601. The van der Waals surface area contributed by atoms with Crippen LogP contribution in [0.1, 0.15) is 38.2 Å². The fraction of sp³-hybridized carbons (Fsp3) is 0.286. The molecular formula is C14H15N3O4S. The maximum Gasteiger partial charge on any atom is 0.335 e. The predicted molar refractivity (Wildman–Crippen MR) is 81.4 cm³/mol. The summed E-state index contributed by atoms with van der Waals surface area (Å²) < 4.78 is 8.77. The summed E-state index contributed by atoms with van der Waals surface area (Å²) in [5.74, 6) is -1.42. The molecule has 1 aromatic heterocycles. The molecule has 0 aliphatic rings. The van der Waals surface area contributed by atoms with Crippen LogP contribution in [-0.2, 0) is 17.8 Å². The summed E-state index contributed by atoms with van der Waals surface area (Å²) in [5.41, 5.74) is 1.76. The van der Waals surface area contributed by atoms with Crippen molar-refractivity contribution in [3.05, 3.63) is 39.9 Å². The average Bonchev–Trinajstić information content (AvgIpc) is 2.95. The molecule has 1 heterocycles. The molecule has 7 nitrogen and oxygen atoms in total. The van der Waals surface area contributed by atoms with E-state index in [2.05, 4.69) is 14.9 Å². The number of carbonyl (C=O) groups is 2. The van der Waals surface area contributed by atoms with Gasteiger partial charge in [-0.1, -0.05) is 11.4 Å². The highest BCUT2D eigenvalue weighted by atomic mass is 32.1. The molecular weight excluding hydrogens is 306 g/mol. The number of carbonyl (C=O) groups excluding carboxylic acids is 1. The number of aryl methyl sites for hydroxylation is 1. The lowest BCUT2D eigenvalue weighted by atomic mass is 10.1. The van der Waals surface area contributed by atoms with E-state index in [0.717, 1.165) is 11.5 Å². The second kappa shape index (κ2) is 7.10. The van der Waals surface area contributed by atoms with E-state index in [1.807, 2.05) is 6.92 Å². The summed E-state index contributed by atoms with van der Waals surface area (Å²) in [6, 6.07) is 4.58. The molecule has 0 bridgehead atoms. The average molecular weight is 321 g/mol. The number of nitrogens with one attached hydrogen (secondary N) is 1. The number of carboxylic acid groups (broad SMARTS) is 1. The molecule has 0 atom stereocenters. The van der Waals surface area contributed by atoms with Crippen LogP contribution in [0, 0.1) is 0 Å². The molecule has 0 saturated heterocycles. The Morgan fingerprint density at radius 1 is 1.36 bits per heavy atom. The number of benzene rings is 1. The van der Waals surface area contributed by atoms with Crippen molar-refractivity contribution in [1.82, 2.24) is 9.59 Å². The van der Waals surface area contributed by atoms with E-state index in [0.29, 0.717) is 28.2 Å². The van der Waals surface area contributed by atoms with Gasteiger partial charge in [0, 0.05) is 12.8 Å². The molecule has 1 aromatic carbocycles. The number of anilines is 1. The van der Waals surface area contributed by atoms with Gasteiger partial charge in [0.15, 0.2) is 0 Å². The van der Waals surface area contributed by atoms with E-state index in [-0.39, 0.29) is 18.1 Å². The highest BCUT2D eigenvalue weighted by molar-refractivity contribution is 7.08. The van der Waals surface area contributed by atoms with E-state index in [4.69, 9.17) is 9.84 Å². The van der Waals surface area contributed by atoms with Crippen LogP contribution >= 0.6 is 11.5 Å². The summed E-state index contributed by atoms with van der Waals surface area (Å²) in [7, 11) is 1.52. The minimum absolute atomic E-state index is 0.0861. The minimum Gasteiger partial charge on any atom is -0.478 e. The zero-order valence-electron chi connectivity index (χ0n) is 12.1.